The monoisotopic (exact) mass is 421 g/mol. The molecular weight excluding hydrogens is 386 g/mol. The molecule has 2 saturated heterocycles. The van der Waals surface area contributed by atoms with Crippen LogP contribution in [0.3, 0.4) is 0 Å². The third-order valence-corrected chi connectivity index (χ3v) is 6.95. The first-order valence-corrected chi connectivity index (χ1v) is 11.7. The molecule has 2 fully saturated rings. The van der Waals surface area contributed by atoms with Crippen LogP contribution >= 0.6 is 11.8 Å². The standard InChI is InChI=1S/C11H19N3O2S.C11H16O/c1-12-9(15)5-3-2-4-8-10-7(6-17-8)13-11(16)14-10;1-3-4-5-10-6-7-11(12)9(2)8-10/h7-8,10H,2-6H2,1H3,(H,12,15)(H2,13,14,16);6-8,12H,3-5H2,1-2H3. The zero-order chi connectivity index (χ0) is 21.2. The van der Waals surface area contributed by atoms with Gasteiger partial charge in [0, 0.05) is 24.5 Å². The number of nitrogens with one attached hydrogen (secondary N) is 3. The van der Waals surface area contributed by atoms with Crippen LogP contribution in [-0.4, -0.2) is 47.2 Å². The summed E-state index contributed by atoms with van der Waals surface area (Å²) in [4.78, 5) is 22.2. The Bertz CT molecular complexity index is 683. The van der Waals surface area contributed by atoms with Crippen molar-refractivity contribution in [2.75, 3.05) is 12.8 Å². The summed E-state index contributed by atoms with van der Waals surface area (Å²) in [7, 11) is 1.67. The molecule has 4 N–H and O–H groups in total. The fraction of sp³-hybridized carbons (Fsp3) is 0.636. The van der Waals surface area contributed by atoms with Gasteiger partial charge < -0.3 is 21.1 Å². The third-order valence-electron chi connectivity index (χ3n) is 5.44. The van der Waals surface area contributed by atoms with E-state index in [4.69, 9.17) is 0 Å². The number of carbonyl (C=O) groups excluding carboxylic acids is 2. The Morgan fingerprint density at radius 1 is 1.28 bits per heavy atom. The molecule has 2 aliphatic heterocycles. The normalized spacial score (nSPS) is 22.2. The molecule has 162 valence electrons. The lowest BCUT2D eigenvalue weighted by Crippen LogP contribution is -2.36. The summed E-state index contributed by atoms with van der Waals surface area (Å²) in [6.45, 7) is 4.12. The van der Waals surface area contributed by atoms with Crippen LogP contribution in [-0.2, 0) is 11.2 Å². The van der Waals surface area contributed by atoms with Crippen LogP contribution in [0.5, 0.6) is 5.75 Å². The van der Waals surface area contributed by atoms with Crippen molar-refractivity contribution in [1.82, 2.24) is 16.0 Å². The van der Waals surface area contributed by atoms with Crippen molar-refractivity contribution in [1.29, 1.82) is 0 Å². The Morgan fingerprint density at radius 3 is 2.76 bits per heavy atom. The average molecular weight is 422 g/mol. The van der Waals surface area contributed by atoms with E-state index in [0.29, 0.717) is 23.5 Å². The Morgan fingerprint density at radius 2 is 2.07 bits per heavy atom. The highest BCUT2D eigenvalue weighted by Gasteiger charge is 2.42. The Hall–Kier alpha value is -1.89. The van der Waals surface area contributed by atoms with E-state index in [1.54, 1.807) is 13.1 Å². The number of rotatable bonds is 8. The van der Waals surface area contributed by atoms with Crippen molar-refractivity contribution in [3.63, 3.8) is 0 Å². The molecule has 0 bridgehead atoms. The summed E-state index contributed by atoms with van der Waals surface area (Å²) in [5.41, 5.74) is 2.30. The highest BCUT2D eigenvalue weighted by molar-refractivity contribution is 8.00. The molecule has 3 rings (SSSR count). The van der Waals surface area contributed by atoms with Gasteiger partial charge in [-0.2, -0.15) is 11.8 Å². The third kappa shape index (κ3) is 7.46. The van der Waals surface area contributed by atoms with E-state index in [2.05, 4.69) is 28.9 Å². The molecule has 3 unspecified atom stereocenters. The van der Waals surface area contributed by atoms with Crippen LogP contribution in [0.4, 0.5) is 4.79 Å². The maximum Gasteiger partial charge on any atom is 0.315 e. The predicted molar refractivity (Wildman–Crippen MR) is 119 cm³/mol. The Labute approximate surface area is 178 Å². The maximum absolute atomic E-state index is 11.2. The fourth-order valence-corrected chi connectivity index (χ4v) is 5.20. The number of amides is 3. The second-order valence-corrected chi connectivity index (χ2v) is 9.04. The first-order chi connectivity index (χ1) is 13.9. The highest BCUT2D eigenvalue weighted by atomic mass is 32.2. The molecule has 3 atom stereocenters. The van der Waals surface area contributed by atoms with Crippen LogP contribution in [0.2, 0.25) is 0 Å². The molecule has 7 heteroatoms. The van der Waals surface area contributed by atoms with E-state index >= 15 is 0 Å². The van der Waals surface area contributed by atoms with Gasteiger partial charge in [-0.25, -0.2) is 4.79 Å². The molecule has 2 aliphatic rings. The number of fused-ring (bicyclic) bond motifs is 1. The van der Waals surface area contributed by atoms with Gasteiger partial charge in [0.15, 0.2) is 0 Å². The Balaban J connectivity index is 0.000000221. The van der Waals surface area contributed by atoms with Crippen LogP contribution in [0, 0.1) is 6.92 Å². The lowest BCUT2D eigenvalue weighted by Gasteiger charge is -2.16. The van der Waals surface area contributed by atoms with E-state index in [9.17, 15) is 14.7 Å². The molecule has 1 aromatic rings. The van der Waals surface area contributed by atoms with Gasteiger partial charge in [-0.15, -0.1) is 0 Å². The molecule has 3 amide bonds. The number of carbonyl (C=O) groups is 2. The van der Waals surface area contributed by atoms with E-state index < -0.39 is 0 Å². The smallest absolute Gasteiger partial charge is 0.315 e. The zero-order valence-corrected chi connectivity index (χ0v) is 18.6. The number of aryl methyl sites for hydroxylation is 2. The van der Waals surface area contributed by atoms with E-state index in [1.165, 1.54) is 18.4 Å². The molecule has 0 spiro atoms. The number of phenolic OH excluding ortho intramolecular Hbond substituents is 1. The number of urea groups is 1. The highest BCUT2D eigenvalue weighted by Crippen LogP contribution is 2.33. The van der Waals surface area contributed by atoms with Gasteiger partial charge in [-0.1, -0.05) is 31.9 Å². The lowest BCUT2D eigenvalue weighted by atomic mass is 10.0. The van der Waals surface area contributed by atoms with Crippen molar-refractivity contribution in [2.45, 2.75) is 76.1 Å². The summed E-state index contributed by atoms with van der Waals surface area (Å²) in [5.74, 6) is 1.51. The zero-order valence-electron chi connectivity index (χ0n) is 17.8. The predicted octanol–water partition coefficient (Wildman–Crippen LogP) is 3.50. The van der Waals surface area contributed by atoms with Gasteiger partial charge in [0.25, 0.3) is 0 Å². The molecule has 29 heavy (non-hydrogen) atoms. The van der Waals surface area contributed by atoms with Crippen LogP contribution in [0.15, 0.2) is 18.2 Å². The number of hydrogen-bond donors (Lipinski definition) is 4. The minimum Gasteiger partial charge on any atom is -0.508 e. The molecule has 0 radical (unpaired) electrons. The first kappa shape index (κ1) is 23.4. The number of phenols is 1. The van der Waals surface area contributed by atoms with Crippen molar-refractivity contribution in [3.05, 3.63) is 29.3 Å². The van der Waals surface area contributed by atoms with Crippen molar-refractivity contribution < 1.29 is 14.7 Å². The molecule has 1 aromatic carbocycles. The number of unbranched alkanes of at least 4 members (excludes halogenated alkanes) is 2. The summed E-state index contributed by atoms with van der Waals surface area (Å²) in [5, 5.41) is 18.3. The second-order valence-electron chi connectivity index (χ2n) is 7.77. The molecule has 6 nitrogen and oxygen atoms in total. The largest absolute Gasteiger partial charge is 0.508 e. The Kier molecular flexibility index (Phi) is 9.64. The molecule has 0 saturated carbocycles. The summed E-state index contributed by atoms with van der Waals surface area (Å²) in [6.07, 6.45) is 7.22. The van der Waals surface area contributed by atoms with Crippen LogP contribution in [0.25, 0.3) is 0 Å². The second kappa shape index (κ2) is 12.0. The van der Waals surface area contributed by atoms with Gasteiger partial charge in [0.05, 0.1) is 12.1 Å². The van der Waals surface area contributed by atoms with Crippen LogP contribution < -0.4 is 16.0 Å². The van der Waals surface area contributed by atoms with E-state index in [1.807, 2.05) is 24.8 Å². The maximum atomic E-state index is 11.2. The molecule has 0 aromatic heterocycles. The number of aromatic hydroxyl groups is 1. The average Bonchev–Trinajstić information content (AvgIpc) is 3.25. The fourth-order valence-electron chi connectivity index (χ4n) is 3.65. The van der Waals surface area contributed by atoms with Gasteiger partial charge >= 0.3 is 6.03 Å². The molecule has 0 aliphatic carbocycles. The first-order valence-electron chi connectivity index (χ1n) is 10.6. The van der Waals surface area contributed by atoms with Crippen LogP contribution in [0.1, 0.15) is 56.6 Å². The minimum absolute atomic E-state index is 0.0318. The van der Waals surface area contributed by atoms with Crippen molar-refractivity contribution in [2.24, 2.45) is 0 Å². The van der Waals surface area contributed by atoms with E-state index in [0.717, 1.165) is 37.0 Å². The number of benzene rings is 1. The molecular formula is C22H35N3O3S. The summed E-state index contributed by atoms with van der Waals surface area (Å²) in [6, 6.07) is 6.39. The number of thioether (sulfide) groups is 1. The number of hydrogen-bond acceptors (Lipinski definition) is 4. The summed E-state index contributed by atoms with van der Waals surface area (Å²) >= 11 is 1.92. The van der Waals surface area contributed by atoms with Gasteiger partial charge in [0.2, 0.25) is 5.91 Å². The van der Waals surface area contributed by atoms with Gasteiger partial charge in [0.1, 0.15) is 5.75 Å². The van der Waals surface area contributed by atoms with Crippen molar-refractivity contribution in [3.8, 4) is 5.75 Å². The lowest BCUT2D eigenvalue weighted by molar-refractivity contribution is -0.120. The SMILES string of the molecule is CCCCc1ccc(O)c(C)c1.CNC(=O)CCCCC1SCC2NC(=O)NC21. The molecule has 2 heterocycles. The topological polar surface area (TPSA) is 90.5 Å². The van der Waals surface area contributed by atoms with Crippen molar-refractivity contribution >= 4 is 23.7 Å². The quantitative estimate of drug-likeness (QED) is 0.382. The van der Waals surface area contributed by atoms with Gasteiger partial charge in [-0.3, -0.25) is 4.79 Å². The van der Waals surface area contributed by atoms with Gasteiger partial charge in [-0.05, 0) is 49.8 Å². The minimum atomic E-state index is -0.0318. The summed E-state index contributed by atoms with van der Waals surface area (Å²) < 4.78 is 0. The van der Waals surface area contributed by atoms with E-state index in [-0.39, 0.29) is 18.0 Å².